The number of carbonyl (C=O) groups excluding carboxylic acids is 1. The highest BCUT2D eigenvalue weighted by atomic mass is 35.5. The van der Waals surface area contributed by atoms with E-state index in [4.69, 9.17) is 21.6 Å². The van der Waals surface area contributed by atoms with Gasteiger partial charge in [0, 0.05) is 34.7 Å². The molecule has 3 aromatic rings. The molecule has 0 unspecified atom stereocenters. The number of aromatic amines is 1. The van der Waals surface area contributed by atoms with E-state index in [1.165, 1.54) is 7.11 Å². The van der Waals surface area contributed by atoms with E-state index in [0.717, 1.165) is 5.82 Å². The van der Waals surface area contributed by atoms with E-state index in [1.54, 1.807) is 30.5 Å². The van der Waals surface area contributed by atoms with Crippen LogP contribution in [0.15, 0.2) is 30.5 Å². The molecule has 0 saturated carbocycles. The Hall–Kier alpha value is -3.18. The molecule has 0 radical (unpaired) electrons. The van der Waals surface area contributed by atoms with E-state index in [0.29, 0.717) is 52.0 Å². The van der Waals surface area contributed by atoms with Crippen LogP contribution in [0.5, 0.6) is 0 Å². The lowest BCUT2D eigenvalue weighted by Crippen LogP contribution is -2.32. The molecule has 1 aromatic carbocycles. The maximum absolute atomic E-state index is 12.6. The van der Waals surface area contributed by atoms with E-state index < -0.39 is 16.1 Å². The van der Waals surface area contributed by atoms with Crippen LogP contribution in [0, 0.1) is 5.92 Å². The summed E-state index contributed by atoms with van der Waals surface area (Å²) in [5.41, 5.74) is 2.61. The number of nitrogens with zero attached hydrogens (tertiary/aromatic N) is 3. The number of hydrogen-bond donors (Lipinski definition) is 3. The second-order valence-corrected chi connectivity index (χ2v) is 13.2. The van der Waals surface area contributed by atoms with Crippen LogP contribution in [0.2, 0.25) is 5.02 Å². The molecule has 2 heterocycles. The first-order chi connectivity index (χ1) is 18.2. The summed E-state index contributed by atoms with van der Waals surface area (Å²) in [5, 5.41) is 3.11. The SMILES string of the molecule is COC(=O)N[C@@H](C)CCc1nccc(-c2[nH]c(C(C)(C)C)nc2-c2cc(Cl)cc(NS(=O)(=O)CC(C)C)c2)n1. The van der Waals surface area contributed by atoms with Gasteiger partial charge in [0.15, 0.2) is 0 Å². The Morgan fingerprint density at radius 3 is 2.51 bits per heavy atom. The maximum atomic E-state index is 12.6. The molecule has 0 saturated heterocycles. The first-order valence-corrected chi connectivity index (χ1v) is 14.8. The first-order valence-electron chi connectivity index (χ1n) is 12.8. The number of aryl methyl sites for hydroxylation is 1. The van der Waals surface area contributed by atoms with Gasteiger partial charge in [-0.1, -0.05) is 46.2 Å². The van der Waals surface area contributed by atoms with Crippen molar-refractivity contribution in [3.8, 4) is 22.6 Å². The van der Waals surface area contributed by atoms with E-state index in [2.05, 4.69) is 24.7 Å². The number of anilines is 1. The van der Waals surface area contributed by atoms with Crippen LogP contribution in [0.1, 0.15) is 59.6 Å². The normalized spacial score (nSPS) is 12.8. The van der Waals surface area contributed by atoms with Crippen molar-refractivity contribution < 1.29 is 17.9 Å². The molecule has 1 amide bonds. The van der Waals surface area contributed by atoms with E-state index in [9.17, 15) is 13.2 Å². The topological polar surface area (TPSA) is 139 Å². The van der Waals surface area contributed by atoms with Gasteiger partial charge < -0.3 is 15.0 Å². The van der Waals surface area contributed by atoms with Gasteiger partial charge in [-0.15, -0.1) is 0 Å². The third-order valence-electron chi connectivity index (χ3n) is 5.72. The lowest BCUT2D eigenvalue weighted by Gasteiger charge is -2.14. The third-order valence-corrected chi connectivity index (χ3v) is 7.59. The Morgan fingerprint density at radius 2 is 1.87 bits per heavy atom. The van der Waals surface area contributed by atoms with Crippen LogP contribution in [0.4, 0.5) is 10.5 Å². The van der Waals surface area contributed by atoms with Gasteiger partial charge in [-0.2, -0.15) is 0 Å². The van der Waals surface area contributed by atoms with Crippen LogP contribution in [-0.2, 0) is 26.6 Å². The largest absolute Gasteiger partial charge is 0.453 e. The number of nitrogens with one attached hydrogen (secondary N) is 3. The summed E-state index contributed by atoms with van der Waals surface area (Å²) in [6, 6.07) is 6.71. The molecule has 2 aromatic heterocycles. The predicted octanol–water partition coefficient (Wildman–Crippen LogP) is 5.56. The molecule has 0 aliphatic rings. The molecule has 0 aliphatic carbocycles. The number of aromatic nitrogens is 4. The van der Waals surface area contributed by atoms with Crippen LogP contribution in [0.25, 0.3) is 22.6 Å². The lowest BCUT2D eigenvalue weighted by molar-refractivity contribution is 0.167. The third kappa shape index (κ3) is 8.66. The maximum Gasteiger partial charge on any atom is 0.407 e. The lowest BCUT2D eigenvalue weighted by atomic mass is 9.96. The van der Waals surface area contributed by atoms with E-state index in [1.807, 2.05) is 41.5 Å². The molecule has 3 N–H and O–H groups in total. The molecular weight excluding hydrogens is 540 g/mol. The smallest absolute Gasteiger partial charge is 0.407 e. The Bertz CT molecular complexity index is 1420. The average Bonchev–Trinajstić information content (AvgIpc) is 3.28. The van der Waals surface area contributed by atoms with Crippen molar-refractivity contribution in [2.24, 2.45) is 5.92 Å². The summed E-state index contributed by atoms with van der Waals surface area (Å²) in [5.74, 6) is 1.32. The quantitative estimate of drug-likeness (QED) is 0.287. The number of rotatable bonds is 10. The van der Waals surface area contributed by atoms with Gasteiger partial charge in [0.1, 0.15) is 11.6 Å². The minimum atomic E-state index is -3.55. The number of carbonyl (C=O) groups is 1. The summed E-state index contributed by atoms with van der Waals surface area (Å²) in [6.45, 7) is 11.7. The zero-order valence-electron chi connectivity index (χ0n) is 23.4. The Labute approximate surface area is 235 Å². The number of hydrogen-bond acceptors (Lipinski definition) is 7. The molecule has 212 valence electrons. The van der Waals surface area contributed by atoms with Crippen molar-refractivity contribution in [3.63, 3.8) is 0 Å². The van der Waals surface area contributed by atoms with Crippen molar-refractivity contribution in [3.05, 3.63) is 47.1 Å². The molecule has 1 atom stereocenters. The number of alkyl carbamates (subject to hydrolysis) is 1. The number of ether oxygens (including phenoxy) is 1. The number of imidazole rings is 1. The number of methoxy groups -OCH3 is 1. The number of benzene rings is 1. The summed E-state index contributed by atoms with van der Waals surface area (Å²) < 4.78 is 32.5. The highest BCUT2D eigenvalue weighted by Gasteiger charge is 2.24. The molecule has 10 nitrogen and oxygen atoms in total. The van der Waals surface area contributed by atoms with Crippen LogP contribution in [-0.4, -0.2) is 53.4 Å². The Morgan fingerprint density at radius 1 is 1.15 bits per heavy atom. The molecule has 12 heteroatoms. The van der Waals surface area contributed by atoms with E-state index in [-0.39, 0.29) is 23.1 Å². The van der Waals surface area contributed by atoms with Gasteiger partial charge in [0.25, 0.3) is 0 Å². The average molecular weight is 577 g/mol. The molecule has 0 bridgehead atoms. The standard InChI is InChI=1S/C27H37ClN6O4S/c1-16(2)15-39(36,37)34-20-13-18(12-19(28)14-20)23-24(33-25(32-23)27(4,5)6)21-10-11-29-22(31-21)9-8-17(3)30-26(35)38-7/h10-14,16-17,34H,8-9,15H2,1-7H3,(H,30,35)(H,32,33)/t17-/m0/s1. The number of halogens is 1. The van der Waals surface area contributed by atoms with Gasteiger partial charge in [0.05, 0.1) is 35.6 Å². The molecular formula is C27H37ClN6O4S. The molecule has 0 fully saturated rings. The van der Waals surface area contributed by atoms with Gasteiger partial charge in [-0.25, -0.2) is 28.2 Å². The first kappa shape index (κ1) is 30.4. The molecule has 0 spiro atoms. The zero-order valence-corrected chi connectivity index (χ0v) is 25.0. The number of amides is 1. The summed E-state index contributed by atoms with van der Waals surface area (Å²) in [4.78, 5) is 28.9. The van der Waals surface area contributed by atoms with Gasteiger partial charge in [-0.05, 0) is 43.5 Å². The minimum Gasteiger partial charge on any atom is -0.453 e. The molecule has 3 rings (SSSR count). The van der Waals surface area contributed by atoms with Gasteiger partial charge in [0.2, 0.25) is 10.0 Å². The molecule has 0 aliphatic heterocycles. The fourth-order valence-electron chi connectivity index (χ4n) is 3.90. The second kappa shape index (κ2) is 12.3. The fraction of sp³-hybridized carbons (Fsp3) is 0.481. The van der Waals surface area contributed by atoms with Crippen molar-refractivity contribution in [1.82, 2.24) is 25.3 Å². The highest BCUT2D eigenvalue weighted by molar-refractivity contribution is 7.92. The minimum absolute atomic E-state index is 0.00580. The highest BCUT2D eigenvalue weighted by Crippen LogP contribution is 2.35. The number of H-pyrrole nitrogens is 1. The zero-order chi connectivity index (χ0) is 29.0. The van der Waals surface area contributed by atoms with E-state index >= 15 is 0 Å². The Balaban J connectivity index is 2.00. The van der Waals surface area contributed by atoms with Crippen molar-refractivity contribution in [1.29, 1.82) is 0 Å². The van der Waals surface area contributed by atoms with Crippen LogP contribution in [0.3, 0.4) is 0 Å². The predicted molar refractivity (Wildman–Crippen MR) is 154 cm³/mol. The van der Waals surface area contributed by atoms with Gasteiger partial charge >= 0.3 is 6.09 Å². The second-order valence-electron chi connectivity index (χ2n) is 11.0. The fourth-order valence-corrected chi connectivity index (χ4v) is 5.58. The monoisotopic (exact) mass is 576 g/mol. The summed E-state index contributed by atoms with van der Waals surface area (Å²) in [6.07, 6.45) is 2.35. The van der Waals surface area contributed by atoms with Gasteiger partial charge in [-0.3, -0.25) is 4.72 Å². The summed E-state index contributed by atoms with van der Waals surface area (Å²) in [7, 11) is -2.22. The number of sulfonamides is 1. The summed E-state index contributed by atoms with van der Waals surface area (Å²) >= 11 is 6.43. The van der Waals surface area contributed by atoms with Crippen LogP contribution >= 0.6 is 11.6 Å². The van der Waals surface area contributed by atoms with Crippen molar-refractivity contribution in [2.45, 2.75) is 65.8 Å². The molecule has 39 heavy (non-hydrogen) atoms. The van der Waals surface area contributed by atoms with Crippen molar-refractivity contribution >= 4 is 33.4 Å². The van der Waals surface area contributed by atoms with Crippen LogP contribution < -0.4 is 10.0 Å². The van der Waals surface area contributed by atoms with Crippen molar-refractivity contribution in [2.75, 3.05) is 17.6 Å². The Kier molecular flexibility index (Phi) is 9.60.